The molecule has 1 aliphatic heterocycles. The number of nitrogens with zero attached hydrogens (tertiary/aromatic N) is 2. The molecule has 60 heavy (non-hydrogen) atoms. The van der Waals surface area contributed by atoms with Crippen LogP contribution in [0.25, 0.3) is 0 Å². The van der Waals surface area contributed by atoms with Crippen molar-refractivity contribution in [3.8, 4) is 0 Å². The van der Waals surface area contributed by atoms with E-state index in [0.717, 1.165) is 13.1 Å². The summed E-state index contributed by atoms with van der Waals surface area (Å²) in [5, 5.41) is 2.81. The zero-order valence-electron chi connectivity index (χ0n) is 34.9. The fourth-order valence-corrected chi connectivity index (χ4v) is 9.31. The van der Waals surface area contributed by atoms with Crippen molar-refractivity contribution < 1.29 is 53.8 Å². The fourth-order valence-electron chi connectivity index (χ4n) is 7.00. The Balaban J connectivity index is 0.000000250. The maximum Gasteiger partial charge on any atom is 2.00 e. The molecule has 2 nitrogen and oxygen atoms in total. The molecular formula is C50H53BF4FeN2PRh+. The molecule has 0 bridgehead atoms. The molecule has 3 saturated carbocycles. The Bertz CT molecular complexity index is 1730. The van der Waals surface area contributed by atoms with Gasteiger partial charge in [-0.3, -0.25) is 0 Å². The van der Waals surface area contributed by atoms with Crippen LogP contribution in [0.15, 0.2) is 84.9 Å². The van der Waals surface area contributed by atoms with Crippen molar-refractivity contribution in [2.45, 2.75) is 66.8 Å². The molecule has 3 aliphatic carbocycles. The van der Waals surface area contributed by atoms with Crippen LogP contribution in [-0.4, -0.2) is 13.8 Å². The van der Waals surface area contributed by atoms with E-state index in [1.165, 1.54) is 92.6 Å². The summed E-state index contributed by atoms with van der Waals surface area (Å²) in [5.41, 5.74) is 12.0. The van der Waals surface area contributed by atoms with E-state index in [4.69, 9.17) is 0 Å². The predicted molar refractivity (Wildman–Crippen MR) is 239 cm³/mol. The number of aryl methyl sites for hydroxylation is 5. The van der Waals surface area contributed by atoms with Crippen molar-refractivity contribution in [1.82, 2.24) is 0 Å². The Morgan fingerprint density at radius 1 is 0.550 bits per heavy atom. The maximum atomic E-state index is 9.75. The van der Waals surface area contributed by atoms with Gasteiger partial charge in [-0.15, -0.1) is 0 Å². The van der Waals surface area contributed by atoms with Crippen LogP contribution < -0.4 is 20.4 Å². The van der Waals surface area contributed by atoms with Crippen molar-refractivity contribution in [3.05, 3.63) is 214 Å². The minimum absolute atomic E-state index is 0. The molecule has 315 valence electrons. The van der Waals surface area contributed by atoms with Crippen molar-refractivity contribution in [2.24, 2.45) is 0 Å². The van der Waals surface area contributed by atoms with E-state index in [1.54, 1.807) is 0 Å². The molecule has 1 heterocycles. The van der Waals surface area contributed by atoms with Crippen LogP contribution in [0.5, 0.6) is 0 Å². The zero-order chi connectivity index (χ0) is 41.5. The van der Waals surface area contributed by atoms with Gasteiger partial charge in [-0.1, -0.05) is 78.4 Å². The first-order valence-corrected chi connectivity index (χ1v) is 21.2. The zero-order valence-corrected chi connectivity index (χ0v) is 38.5. The molecule has 0 saturated heterocycles. The normalized spacial score (nSPS) is 16.8. The third-order valence-electron chi connectivity index (χ3n) is 9.91. The van der Waals surface area contributed by atoms with Crippen molar-refractivity contribution >= 4 is 37.2 Å². The van der Waals surface area contributed by atoms with Gasteiger partial charge in [-0.05, 0) is 196 Å². The number of benzene rings is 4. The van der Waals surface area contributed by atoms with Crippen molar-refractivity contribution in [2.75, 3.05) is 16.3 Å². The average Bonchev–Trinajstić information content (AvgIpc) is 3.95. The summed E-state index contributed by atoms with van der Waals surface area (Å²) in [6.07, 6.45) is 31.3. The van der Waals surface area contributed by atoms with Crippen LogP contribution in [0, 0.1) is 130 Å². The quantitative estimate of drug-likeness (QED) is 0.103. The van der Waals surface area contributed by atoms with Gasteiger partial charge in [0.1, 0.15) is 0 Å². The van der Waals surface area contributed by atoms with E-state index in [0.29, 0.717) is 0 Å². The maximum absolute atomic E-state index is 9.75. The SMILES string of the molecule is Cc1cc(C)c(CN2[C]N(C[C]3[CH][CH][CH][CH]3)c3cc(C)c(C)cc32)c(C)c1.F[B-](F)(F)F.[CH]1[CH]CC[CH][CH]CC1.[CH]1[CH][CH][C](P(c2ccccc2)c2ccccc2)[CH]1.[Fe+2].[Rh]. The molecule has 0 N–H and O–H groups in total. The first-order chi connectivity index (χ1) is 27.9. The number of hydrogen-bond donors (Lipinski definition) is 0. The third-order valence-corrected chi connectivity index (χ3v) is 12.4. The first-order valence-electron chi connectivity index (χ1n) is 19.9. The number of hydrogen-bond acceptors (Lipinski definition) is 2. The van der Waals surface area contributed by atoms with Gasteiger partial charge in [0, 0.05) is 44.1 Å². The number of fused-ring (bicyclic) bond motifs is 1. The smallest absolute Gasteiger partial charge is 0.418 e. The molecule has 4 aromatic carbocycles. The summed E-state index contributed by atoms with van der Waals surface area (Å²) in [6, 6.07) is 30.7. The molecular weight excluding hydrogens is 905 g/mol. The van der Waals surface area contributed by atoms with Gasteiger partial charge < -0.3 is 27.1 Å². The Labute approximate surface area is 385 Å². The largest absolute Gasteiger partial charge is 2.00 e. The van der Waals surface area contributed by atoms with Crippen molar-refractivity contribution in [3.63, 3.8) is 0 Å². The number of anilines is 2. The van der Waals surface area contributed by atoms with Gasteiger partial charge in [-0.2, -0.15) is 0 Å². The number of halogens is 4. The molecule has 8 rings (SSSR count). The molecule has 10 heteroatoms. The van der Waals surface area contributed by atoms with Gasteiger partial charge in [0.25, 0.3) is 0 Å². The third kappa shape index (κ3) is 16.8. The van der Waals surface area contributed by atoms with Crippen LogP contribution in [0.1, 0.15) is 59.1 Å². The number of rotatable bonds is 7. The first kappa shape index (κ1) is 52.2. The van der Waals surface area contributed by atoms with Crippen LogP contribution >= 0.6 is 7.92 Å². The van der Waals surface area contributed by atoms with Crippen LogP contribution in [0.4, 0.5) is 28.6 Å². The summed E-state index contributed by atoms with van der Waals surface area (Å²) >= 11 is 0. The Morgan fingerprint density at radius 3 is 1.35 bits per heavy atom. The summed E-state index contributed by atoms with van der Waals surface area (Å²) in [5.74, 6) is 1.32. The minimum atomic E-state index is -6.00. The minimum Gasteiger partial charge on any atom is -0.418 e. The molecule has 17 radical (unpaired) electrons. The van der Waals surface area contributed by atoms with Gasteiger partial charge in [0.15, 0.2) is 0 Å². The van der Waals surface area contributed by atoms with E-state index in [-0.39, 0.29) is 36.5 Å². The predicted octanol–water partition coefficient (Wildman–Crippen LogP) is 12.6. The van der Waals surface area contributed by atoms with E-state index < -0.39 is 15.2 Å². The molecule has 0 amide bonds. The van der Waals surface area contributed by atoms with Crippen LogP contribution in [0.2, 0.25) is 0 Å². The summed E-state index contributed by atoms with van der Waals surface area (Å²) in [4.78, 5) is 4.55. The van der Waals surface area contributed by atoms with E-state index >= 15 is 0 Å². The standard InChI is InChI=1S/C25H27N2.C17H14P.C8H12.BF4.Fe.Rh/c1-17-10-20(4)23(21(5)11-17)15-27-16-26(14-22-8-6-7-9-22)24-12-18(2)19(3)13-25(24)27;1-3-9-15(10-4-1)18(17-13-7-8-14-17)16-11-5-2-6-12-16;1-2-4-6-8-7-5-3-1;2-1(3,4)5;;/h6-13H,14-15H2,1-5H3;1-14H;1-2,7-8H,3-6H2;;;/q;;;-1;+2;. The van der Waals surface area contributed by atoms with Crippen molar-refractivity contribution in [1.29, 1.82) is 0 Å². The Hall–Kier alpha value is -2.16. The summed E-state index contributed by atoms with van der Waals surface area (Å²) in [7, 11) is -6.41. The van der Waals surface area contributed by atoms with Crippen LogP contribution in [0.3, 0.4) is 0 Å². The van der Waals surface area contributed by atoms with E-state index in [1.807, 2.05) is 0 Å². The molecule has 0 unspecified atom stereocenters. The topological polar surface area (TPSA) is 6.48 Å². The van der Waals surface area contributed by atoms with Gasteiger partial charge in [0.2, 0.25) is 6.67 Å². The van der Waals surface area contributed by atoms with E-state index in [9.17, 15) is 17.3 Å². The molecule has 0 spiro atoms. The second-order valence-electron chi connectivity index (χ2n) is 14.6. The van der Waals surface area contributed by atoms with Gasteiger partial charge >= 0.3 is 24.3 Å². The molecule has 0 atom stereocenters. The van der Waals surface area contributed by atoms with E-state index in [2.05, 4.69) is 213 Å². The fraction of sp³-hybridized carbons (Fsp3) is 0.220. The van der Waals surface area contributed by atoms with Gasteiger partial charge in [0.05, 0.1) is 11.4 Å². The second kappa shape index (κ2) is 26.5. The Kier molecular flexibility index (Phi) is 23.0. The van der Waals surface area contributed by atoms with Gasteiger partial charge in [-0.25, -0.2) is 0 Å². The average molecular weight is 959 g/mol. The molecule has 3 fully saturated rings. The molecule has 4 aliphatic rings. The Morgan fingerprint density at radius 2 is 0.933 bits per heavy atom. The summed E-state index contributed by atoms with van der Waals surface area (Å²) in [6.45, 7) is 16.3. The van der Waals surface area contributed by atoms with Crippen LogP contribution in [-0.2, 0) is 43.1 Å². The molecule has 0 aromatic heterocycles. The summed E-state index contributed by atoms with van der Waals surface area (Å²) < 4.78 is 39.0. The molecule has 4 aromatic rings. The monoisotopic (exact) mass is 958 g/mol. The second-order valence-corrected chi connectivity index (χ2v) is 16.8.